The van der Waals surface area contributed by atoms with Crippen LogP contribution < -0.4 is 11.1 Å². The van der Waals surface area contributed by atoms with Crippen LogP contribution in [0.15, 0.2) is 65.7 Å². The molecule has 0 aliphatic rings. The maximum absolute atomic E-state index is 16.0. The number of sulfone groups is 1. The lowest BCUT2D eigenvalue weighted by Crippen LogP contribution is -2.27. The average molecular weight is 526 g/mol. The van der Waals surface area contributed by atoms with Gasteiger partial charge in [-0.3, -0.25) is 15.1 Å². The quantitative estimate of drug-likeness (QED) is 0.429. The number of ether oxygens (including phenoxy) is 1. The molecule has 3 rings (SSSR count). The summed E-state index contributed by atoms with van der Waals surface area (Å²) in [5.74, 6) is -1.44. The van der Waals surface area contributed by atoms with Crippen LogP contribution in [0.1, 0.15) is 37.6 Å². The number of carbonyl (C=O) groups excluding carboxylic acids is 2. The van der Waals surface area contributed by atoms with Crippen molar-refractivity contribution in [1.82, 2.24) is 4.98 Å². The van der Waals surface area contributed by atoms with E-state index in [0.717, 1.165) is 12.3 Å². The van der Waals surface area contributed by atoms with E-state index >= 15 is 4.39 Å². The number of benzene rings is 2. The molecule has 0 saturated heterocycles. The zero-order chi connectivity index (χ0) is 27.4. The van der Waals surface area contributed by atoms with Gasteiger partial charge >= 0.3 is 6.09 Å². The van der Waals surface area contributed by atoms with Gasteiger partial charge in [-0.25, -0.2) is 17.6 Å². The third-order valence-electron chi connectivity index (χ3n) is 5.15. The molecular weight excluding hydrogens is 497 g/mol. The number of nitrogens with two attached hydrogens (primary N) is 1. The van der Waals surface area contributed by atoms with Crippen LogP contribution in [0.5, 0.6) is 0 Å². The summed E-state index contributed by atoms with van der Waals surface area (Å²) in [6, 6.07) is 12.6. The van der Waals surface area contributed by atoms with Gasteiger partial charge in [-0.2, -0.15) is 0 Å². The van der Waals surface area contributed by atoms with Crippen LogP contribution in [-0.2, 0) is 25.8 Å². The fourth-order valence-electron chi connectivity index (χ4n) is 3.70. The molecule has 3 aromatic rings. The van der Waals surface area contributed by atoms with E-state index in [1.165, 1.54) is 24.4 Å². The van der Waals surface area contributed by atoms with Crippen LogP contribution in [-0.4, -0.2) is 37.3 Å². The molecule has 2 aromatic carbocycles. The Morgan fingerprint density at radius 2 is 1.78 bits per heavy atom. The zero-order valence-electron chi connectivity index (χ0n) is 20.9. The molecule has 0 fully saturated rings. The largest absolute Gasteiger partial charge is 0.444 e. The Morgan fingerprint density at radius 3 is 2.43 bits per heavy atom. The predicted molar refractivity (Wildman–Crippen MR) is 140 cm³/mol. The number of rotatable bonds is 7. The molecule has 3 N–H and O–H groups in total. The lowest BCUT2D eigenvalue weighted by atomic mass is 9.92. The van der Waals surface area contributed by atoms with E-state index in [2.05, 4.69) is 10.3 Å². The monoisotopic (exact) mass is 525 g/mol. The molecule has 1 aromatic heterocycles. The summed E-state index contributed by atoms with van der Waals surface area (Å²) in [6.45, 7) is 5.05. The van der Waals surface area contributed by atoms with Crippen LogP contribution in [0.25, 0.3) is 17.2 Å². The predicted octanol–water partition coefficient (Wildman–Crippen LogP) is 4.73. The molecule has 2 amide bonds. The van der Waals surface area contributed by atoms with E-state index in [0.29, 0.717) is 22.4 Å². The summed E-state index contributed by atoms with van der Waals surface area (Å²) >= 11 is 0. The first kappa shape index (κ1) is 27.5. The first-order chi connectivity index (χ1) is 17.3. The number of hydrogen-bond acceptors (Lipinski definition) is 6. The van der Waals surface area contributed by atoms with Gasteiger partial charge in [-0.1, -0.05) is 30.3 Å². The minimum Gasteiger partial charge on any atom is -0.444 e. The lowest BCUT2D eigenvalue weighted by molar-refractivity contribution is -0.113. The van der Waals surface area contributed by atoms with Crippen LogP contribution >= 0.6 is 0 Å². The molecule has 0 radical (unpaired) electrons. The molecule has 0 atom stereocenters. The second-order valence-electron chi connectivity index (χ2n) is 9.31. The van der Waals surface area contributed by atoms with Crippen molar-refractivity contribution in [2.75, 3.05) is 11.6 Å². The van der Waals surface area contributed by atoms with Crippen LogP contribution in [0.4, 0.5) is 14.9 Å². The highest BCUT2D eigenvalue weighted by Gasteiger charge is 2.23. The molecule has 194 valence electrons. The summed E-state index contributed by atoms with van der Waals surface area (Å²) < 4.78 is 46.1. The average Bonchev–Trinajstić information content (AvgIpc) is 2.79. The highest BCUT2D eigenvalue weighted by atomic mass is 32.2. The molecule has 0 bridgehead atoms. The van der Waals surface area contributed by atoms with Crippen molar-refractivity contribution in [2.45, 2.75) is 37.7 Å². The fraction of sp³-hybridized carbons (Fsp3) is 0.222. The number of nitrogens with zero attached hydrogens (tertiary/aromatic N) is 1. The molecule has 0 aliphatic carbocycles. The third kappa shape index (κ3) is 7.23. The minimum atomic E-state index is -3.61. The van der Waals surface area contributed by atoms with Gasteiger partial charge in [0, 0.05) is 36.1 Å². The van der Waals surface area contributed by atoms with E-state index in [4.69, 9.17) is 10.5 Å². The molecule has 8 nitrogen and oxygen atoms in total. The summed E-state index contributed by atoms with van der Waals surface area (Å²) in [6.07, 6.45) is 4.20. The number of aromatic nitrogens is 1. The van der Waals surface area contributed by atoms with Crippen molar-refractivity contribution in [3.8, 4) is 11.1 Å². The number of amides is 2. The summed E-state index contributed by atoms with van der Waals surface area (Å²) in [7, 11) is -3.61. The second kappa shape index (κ2) is 10.9. The van der Waals surface area contributed by atoms with Crippen LogP contribution in [0.2, 0.25) is 0 Å². The highest BCUT2D eigenvalue weighted by Crippen LogP contribution is 2.35. The molecule has 0 saturated carbocycles. The zero-order valence-corrected chi connectivity index (χ0v) is 21.7. The maximum atomic E-state index is 16.0. The van der Waals surface area contributed by atoms with E-state index < -0.39 is 33.3 Å². The number of halogens is 1. The molecule has 0 aliphatic heterocycles. The molecule has 0 spiro atoms. The van der Waals surface area contributed by atoms with Gasteiger partial charge in [-0.15, -0.1) is 0 Å². The van der Waals surface area contributed by atoms with E-state index in [-0.39, 0.29) is 22.6 Å². The topological polar surface area (TPSA) is 128 Å². The third-order valence-corrected chi connectivity index (χ3v) is 6.35. The number of pyridine rings is 1. The van der Waals surface area contributed by atoms with Crippen molar-refractivity contribution in [1.29, 1.82) is 0 Å². The Balaban J connectivity index is 2.21. The summed E-state index contributed by atoms with van der Waals surface area (Å²) in [5.41, 5.74) is 6.02. The number of nitrogens with one attached hydrogen (secondary N) is 1. The van der Waals surface area contributed by atoms with Gasteiger partial charge in [0.1, 0.15) is 5.60 Å². The Hall–Kier alpha value is -4.05. The Morgan fingerprint density at radius 1 is 1.08 bits per heavy atom. The van der Waals surface area contributed by atoms with Gasteiger partial charge in [-0.05, 0) is 56.2 Å². The Bertz CT molecular complexity index is 1480. The van der Waals surface area contributed by atoms with Crippen molar-refractivity contribution in [3.05, 3.63) is 83.4 Å². The second-order valence-corrected chi connectivity index (χ2v) is 11.3. The Labute approximate surface area is 215 Å². The van der Waals surface area contributed by atoms with Gasteiger partial charge in [0.15, 0.2) is 15.7 Å². The number of anilines is 1. The first-order valence-corrected chi connectivity index (χ1v) is 13.2. The van der Waals surface area contributed by atoms with Crippen molar-refractivity contribution >= 4 is 33.6 Å². The van der Waals surface area contributed by atoms with Crippen molar-refractivity contribution in [2.24, 2.45) is 5.73 Å². The minimum absolute atomic E-state index is 0.0610. The fourth-order valence-corrected chi connectivity index (χ4v) is 4.64. The maximum Gasteiger partial charge on any atom is 0.412 e. The normalized spacial score (nSPS) is 11.9. The van der Waals surface area contributed by atoms with Gasteiger partial charge in [0.05, 0.1) is 16.3 Å². The molecule has 0 unspecified atom stereocenters. The first-order valence-electron chi connectivity index (χ1n) is 11.3. The van der Waals surface area contributed by atoms with E-state index in [1.54, 1.807) is 57.2 Å². The molecule has 10 heteroatoms. The van der Waals surface area contributed by atoms with Gasteiger partial charge in [0.25, 0.3) is 0 Å². The molecular formula is C27H28FN3O5S. The van der Waals surface area contributed by atoms with Gasteiger partial charge < -0.3 is 10.5 Å². The summed E-state index contributed by atoms with van der Waals surface area (Å²) in [4.78, 5) is 28.0. The molecule has 1 heterocycles. The van der Waals surface area contributed by atoms with E-state index in [9.17, 15) is 18.0 Å². The van der Waals surface area contributed by atoms with Crippen molar-refractivity contribution in [3.63, 3.8) is 0 Å². The summed E-state index contributed by atoms with van der Waals surface area (Å²) in [5, 5.41) is 2.43. The smallest absolute Gasteiger partial charge is 0.412 e. The SMILES string of the molecule is CC(C)(C)OC(=O)Nc1ccc(-c2cccnc2/C=C/C(N)=O)c(Cc2ccccc2S(C)(=O)=O)c1F. The number of primary amides is 1. The Kier molecular flexibility index (Phi) is 8.12. The van der Waals surface area contributed by atoms with Gasteiger partial charge in [0.2, 0.25) is 5.91 Å². The van der Waals surface area contributed by atoms with Crippen molar-refractivity contribution < 1.29 is 27.1 Å². The lowest BCUT2D eigenvalue weighted by Gasteiger charge is -2.21. The van der Waals surface area contributed by atoms with Crippen LogP contribution in [0.3, 0.4) is 0 Å². The number of hydrogen-bond donors (Lipinski definition) is 2. The van der Waals surface area contributed by atoms with Crippen LogP contribution in [0, 0.1) is 5.82 Å². The highest BCUT2D eigenvalue weighted by molar-refractivity contribution is 7.90. The molecule has 37 heavy (non-hydrogen) atoms. The van der Waals surface area contributed by atoms with E-state index in [1.807, 2.05) is 0 Å². The number of carbonyl (C=O) groups is 2. The standard InChI is InChI=1S/C27H28FN3O5S/c1-27(2,3)36-26(33)31-22-12-11-18(19-9-7-15-30-21(19)13-14-24(29)32)20(25(22)28)16-17-8-5-6-10-23(17)37(4,34)35/h5-15H,16H2,1-4H3,(H2,29,32)(H,31,33)/b14-13+.